The van der Waals surface area contributed by atoms with Crippen LogP contribution in [0.4, 0.5) is 0 Å². The maximum absolute atomic E-state index is 10.8. The molecule has 7 heteroatoms. The number of carbonyl (C=O) groups is 2. The third-order valence-electron chi connectivity index (χ3n) is 2.58. The summed E-state index contributed by atoms with van der Waals surface area (Å²) in [7, 11) is 0. The van der Waals surface area contributed by atoms with Gasteiger partial charge in [-0.25, -0.2) is 14.5 Å². The molecule has 0 amide bonds. The Labute approximate surface area is 110 Å². The number of rotatable bonds is 3. The number of carboxylic acid groups (broad SMARTS) is 1. The molecule has 0 aliphatic carbocycles. The largest absolute Gasteiger partial charge is 0.476 e. The summed E-state index contributed by atoms with van der Waals surface area (Å²) in [5.74, 6) is -0.584. The number of pyridine rings is 1. The van der Waals surface area contributed by atoms with Crippen molar-refractivity contribution in [2.75, 3.05) is 0 Å². The van der Waals surface area contributed by atoms with Crippen LogP contribution in [0.5, 0.6) is 0 Å². The molecule has 0 saturated carbocycles. The number of carbonyl (C=O) groups excluding carboxylic acids is 1. The predicted molar refractivity (Wildman–Crippen MR) is 69.1 cm³/mol. The number of hydrogen-bond donors (Lipinski definition) is 1. The first kappa shape index (κ1) is 11.5. The van der Waals surface area contributed by atoms with Crippen LogP contribution >= 0.6 is 11.3 Å². The van der Waals surface area contributed by atoms with Gasteiger partial charge in [0.2, 0.25) is 0 Å². The van der Waals surface area contributed by atoms with Gasteiger partial charge in [0.25, 0.3) is 0 Å². The number of carboxylic acids is 1. The Morgan fingerprint density at radius 2 is 2.26 bits per heavy atom. The van der Waals surface area contributed by atoms with Crippen molar-refractivity contribution < 1.29 is 14.7 Å². The lowest BCUT2D eigenvalue weighted by Gasteiger charge is -2.01. The SMILES string of the molecule is O=Cc1cc2c(-n3ccc(C(=O)O)n3)nccc2s1. The molecule has 0 unspecified atom stereocenters. The maximum atomic E-state index is 10.8. The van der Waals surface area contributed by atoms with Crippen LogP contribution in [-0.2, 0) is 0 Å². The smallest absolute Gasteiger partial charge is 0.356 e. The number of hydrogen-bond acceptors (Lipinski definition) is 5. The quantitative estimate of drug-likeness (QED) is 0.738. The molecule has 94 valence electrons. The van der Waals surface area contributed by atoms with Crippen molar-refractivity contribution in [2.45, 2.75) is 0 Å². The molecule has 1 N–H and O–H groups in total. The second-order valence-corrected chi connectivity index (χ2v) is 4.88. The number of nitrogens with zero attached hydrogens (tertiary/aromatic N) is 3. The van der Waals surface area contributed by atoms with E-state index in [1.807, 2.05) is 0 Å². The van der Waals surface area contributed by atoms with E-state index < -0.39 is 5.97 Å². The number of aldehydes is 1. The minimum atomic E-state index is -1.09. The van der Waals surface area contributed by atoms with E-state index in [4.69, 9.17) is 5.11 Å². The van der Waals surface area contributed by atoms with Crippen LogP contribution in [0.3, 0.4) is 0 Å². The monoisotopic (exact) mass is 273 g/mol. The molecule has 3 aromatic rings. The van der Waals surface area contributed by atoms with Gasteiger partial charge in [-0.15, -0.1) is 11.3 Å². The lowest BCUT2D eigenvalue weighted by molar-refractivity contribution is 0.0690. The second-order valence-electron chi connectivity index (χ2n) is 3.76. The van der Waals surface area contributed by atoms with Gasteiger partial charge in [-0.1, -0.05) is 0 Å². The first-order valence-electron chi connectivity index (χ1n) is 5.32. The summed E-state index contributed by atoms with van der Waals surface area (Å²) in [5, 5.41) is 13.6. The molecular weight excluding hydrogens is 266 g/mol. The van der Waals surface area contributed by atoms with Crippen LogP contribution in [0.15, 0.2) is 30.6 Å². The van der Waals surface area contributed by atoms with E-state index in [-0.39, 0.29) is 5.69 Å². The fourth-order valence-corrected chi connectivity index (χ4v) is 2.63. The fourth-order valence-electron chi connectivity index (χ4n) is 1.77. The number of aromatic carboxylic acids is 1. The highest BCUT2D eigenvalue weighted by molar-refractivity contribution is 7.20. The van der Waals surface area contributed by atoms with Crippen molar-refractivity contribution in [3.63, 3.8) is 0 Å². The first-order chi connectivity index (χ1) is 9.19. The van der Waals surface area contributed by atoms with Gasteiger partial charge in [0.15, 0.2) is 17.8 Å². The minimum Gasteiger partial charge on any atom is -0.476 e. The molecule has 0 saturated heterocycles. The van der Waals surface area contributed by atoms with Gasteiger partial charge in [-0.3, -0.25) is 4.79 Å². The highest BCUT2D eigenvalue weighted by atomic mass is 32.1. The average Bonchev–Trinajstić information content (AvgIpc) is 3.04. The molecular formula is C12H7N3O3S. The lowest BCUT2D eigenvalue weighted by Crippen LogP contribution is -2.02. The molecule has 19 heavy (non-hydrogen) atoms. The molecule has 0 aromatic carbocycles. The van der Waals surface area contributed by atoms with Gasteiger partial charge in [0.1, 0.15) is 0 Å². The summed E-state index contributed by atoms with van der Waals surface area (Å²) in [6.07, 6.45) is 3.91. The first-order valence-corrected chi connectivity index (χ1v) is 6.14. The number of fused-ring (bicyclic) bond motifs is 1. The summed E-state index contributed by atoms with van der Waals surface area (Å²) in [4.78, 5) is 26.4. The minimum absolute atomic E-state index is 0.0513. The van der Waals surface area contributed by atoms with E-state index in [1.54, 1.807) is 18.3 Å². The third-order valence-corrected chi connectivity index (χ3v) is 3.61. The second kappa shape index (κ2) is 4.29. The van der Waals surface area contributed by atoms with Crippen LogP contribution in [0.2, 0.25) is 0 Å². The summed E-state index contributed by atoms with van der Waals surface area (Å²) < 4.78 is 2.30. The normalized spacial score (nSPS) is 10.7. The van der Waals surface area contributed by atoms with Crippen molar-refractivity contribution in [1.29, 1.82) is 0 Å². The standard InChI is InChI=1S/C12H7N3O3S/c16-6-7-5-8-10(19-7)1-3-13-11(8)15-4-2-9(14-15)12(17)18/h1-6H,(H,17,18). The van der Waals surface area contributed by atoms with Crippen LogP contribution in [0.25, 0.3) is 15.9 Å². The Kier molecular flexibility index (Phi) is 2.60. The Morgan fingerprint density at radius 3 is 2.95 bits per heavy atom. The van der Waals surface area contributed by atoms with E-state index in [9.17, 15) is 9.59 Å². The Morgan fingerprint density at radius 1 is 1.42 bits per heavy atom. The molecule has 0 bridgehead atoms. The van der Waals surface area contributed by atoms with E-state index in [0.717, 1.165) is 16.4 Å². The van der Waals surface area contributed by atoms with Gasteiger partial charge in [0, 0.05) is 22.5 Å². The fraction of sp³-hybridized carbons (Fsp3) is 0. The van der Waals surface area contributed by atoms with Crippen molar-refractivity contribution >= 4 is 33.7 Å². The molecule has 6 nitrogen and oxygen atoms in total. The predicted octanol–water partition coefficient (Wildman–Crippen LogP) is 1.99. The summed E-state index contributed by atoms with van der Waals surface area (Å²) in [6.45, 7) is 0. The van der Waals surface area contributed by atoms with Crippen molar-refractivity contribution in [2.24, 2.45) is 0 Å². The topological polar surface area (TPSA) is 85.1 Å². The van der Waals surface area contributed by atoms with E-state index in [2.05, 4.69) is 10.1 Å². The molecule has 0 spiro atoms. The van der Waals surface area contributed by atoms with Crippen LogP contribution in [0.1, 0.15) is 20.2 Å². The molecule has 0 fully saturated rings. The van der Waals surface area contributed by atoms with Crippen molar-refractivity contribution in [1.82, 2.24) is 14.8 Å². The highest BCUT2D eigenvalue weighted by Crippen LogP contribution is 2.27. The Hall–Kier alpha value is -2.54. The van der Waals surface area contributed by atoms with Gasteiger partial charge in [-0.2, -0.15) is 5.10 Å². The van der Waals surface area contributed by atoms with Crippen molar-refractivity contribution in [3.8, 4) is 5.82 Å². The number of thiophene rings is 1. The number of aromatic nitrogens is 3. The average molecular weight is 273 g/mol. The molecule has 0 aliphatic heterocycles. The van der Waals surface area contributed by atoms with Gasteiger partial charge in [-0.05, 0) is 18.2 Å². The molecule has 0 atom stereocenters. The highest BCUT2D eigenvalue weighted by Gasteiger charge is 2.12. The summed E-state index contributed by atoms with van der Waals surface area (Å²) in [5.41, 5.74) is -0.0513. The summed E-state index contributed by atoms with van der Waals surface area (Å²) in [6, 6.07) is 4.92. The molecule has 3 aromatic heterocycles. The third kappa shape index (κ3) is 1.89. The van der Waals surface area contributed by atoms with Crippen LogP contribution in [-0.4, -0.2) is 32.1 Å². The Balaban J connectivity index is 2.20. The van der Waals surface area contributed by atoms with Gasteiger partial charge >= 0.3 is 5.97 Å². The van der Waals surface area contributed by atoms with E-state index in [0.29, 0.717) is 10.7 Å². The molecule has 0 radical (unpaired) electrons. The van der Waals surface area contributed by atoms with Gasteiger partial charge in [0.05, 0.1) is 4.88 Å². The molecule has 0 aliphatic rings. The molecule has 3 rings (SSSR count). The van der Waals surface area contributed by atoms with E-state index >= 15 is 0 Å². The van der Waals surface area contributed by atoms with Crippen LogP contribution < -0.4 is 0 Å². The lowest BCUT2D eigenvalue weighted by atomic mass is 10.3. The maximum Gasteiger partial charge on any atom is 0.356 e. The summed E-state index contributed by atoms with van der Waals surface area (Å²) >= 11 is 1.35. The van der Waals surface area contributed by atoms with E-state index in [1.165, 1.54) is 28.3 Å². The zero-order valence-electron chi connectivity index (χ0n) is 9.48. The zero-order chi connectivity index (χ0) is 13.4. The van der Waals surface area contributed by atoms with Crippen molar-refractivity contribution in [3.05, 3.63) is 41.2 Å². The zero-order valence-corrected chi connectivity index (χ0v) is 10.3. The molecule has 3 heterocycles. The van der Waals surface area contributed by atoms with Crippen LogP contribution in [0, 0.1) is 0 Å². The van der Waals surface area contributed by atoms with Gasteiger partial charge < -0.3 is 5.11 Å². The Bertz CT molecular complexity index is 790.